The average Bonchev–Trinajstić information content (AvgIpc) is 2.80. The molecule has 10 heteroatoms. The van der Waals surface area contributed by atoms with Crippen LogP contribution < -0.4 is 9.62 Å². The van der Waals surface area contributed by atoms with Crippen LogP contribution in [0.15, 0.2) is 36.4 Å². The number of benzene rings is 2. The first-order chi connectivity index (χ1) is 17.2. The van der Waals surface area contributed by atoms with Crippen molar-refractivity contribution in [1.82, 2.24) is 10.2 Å². The molecule has 0 aromatic heterocycles. The summed E-state index contributed by atoms with van der Waals surface area (Å²) in [4.78, 5) is 27.7. The van der Waals surface area contributed by atoms with Crippen LogP contribution >= 0.6 is 23.2 Å². The number of nitrogens with zero attached hydrogens (tertiary/aromatic N) is 2. The van der Waals surface area contributed by atoms with Crippen LogP contribution in [0.4, 0.5) is 5.69 Å². The van der Waals surface area contributed by atoms with Gasteiger partial charge in [0, 0.05) is 41.7 Å². The van der Waals surface area contributed by atoms with Gasteiger partial charge in [0.15, 0.2) is 0 Å². The summed E-state index contributed by atoms with van der Waals surface area (Å²) in [6.07, 6.45) is 1.47. The van der Waals surface area contributed by atoms with Crippen LogP contribution in [0.2, 0.25) is 10.0 Å². The molecule has 2 amide bonds. The standard InChI is InChI=1S/C27H37Cl2N3O4S/c1-18(2)16-30-27(34)21(5)31(17-22-23(28)9-7-10-24(22)29)26(33)11-8-14-32(37(6,35)36)25-15-19(3)12-13-20(25)4/h7,9-10,12-13,15,18,21H,8,11,14,16-17H2,1-6H3,(H,30,34). The number of hydrogen-bond donors (Lipinski definition) is 1. The molecule has 0 aliphatic rings. The number of aryl methyl sites for hydroxylation is 2. The van der Waals surface area contributed by atoms with Gasteiger partial charge < -0.3 is 10.2 Å². The second kappa shape index (κ2) is 13.5. The fourth-order valence-corrected chi connectivity index (χ4v) is 5.39. The Morgan fingerprint density at radius 3 is 2.22 bits per heavy atom. The first kappa shape index (κ1) is 30.9. The summed E-state index contributed by atoms with van der Waals surface area (Å²) in [7, 11) is -3.57. The first-order valence-electron chi connectivity index (χ1n) is 12.3. The van der Waals surface area contributed by atoms with E-state index in [0.717, 1.165) is 17.4 Å². The van der Waals surface area contributed by atoms with Gasteiger partial charge in [-0.15, -0.1) is 0 Å². The molecule has 2 rings (SSSR count). The van der Waals surface area contributed by atoms with Crippen LogP contribution in [0.25, 0.3) is 0 Å². The topological polar surface area (TPSA) is 86.8 Å². The van der Waals surface area contributed by atoms with Gasteiger partial charge in [0.25, 0.3) is 0 Å². The lowest BCUT2D eigenvalue weighted by molar-refractivity contribution is -0.140. The van der Waals surface area contributed by atoms with E-state index >= 15 is 0 Å². The summed E-state index contributed by atoms with van der Waals surface area (Å²) < 4.78 is 26.5. The minimum absolute atomic E-state index is 0.0424. The van der Waals surface area contributed by atoms with Crippen LogP contribution in [-0.2, 0) is 26.2 Å². The zero-order valence-corrected chi connectivity index (χ0v) is 24.7. The number of carbonyl (C=O) groups excluding carboxylic acids is 2. The fourth-order valence-electron chi connectivity index (χ4n) is 3.86. The maximum absolute atomic E-state index is 13.4. The Hall–Kier alpha value is -2.29. The number of anilines is 1. The van der Waals surface area contributed by atoms with E-state index in [1.807, 2.05) is 45.9 Å². The van der Waals surface area contributed by atoms with E-state index in [2.05, 4.69) is 5.32 Å². The predicted octanol–water partition coefficient (Wildman–Crippen LogP) is 5.35. The molecule has 0 aliphatic heterocycles. The third-order valence-electron chi connectivity index (χ3n) is 6.03. The Bertz CT molecular complexity index is 1200. The van der Waals surface area contributed by atoms with Crippen LogP contribution in [0, 0.1) is 19.8 Å². The monoisotopic (exact) mass is 569 g/mol. The highest BCUT2D eigenvalue weighted by atomic mass is 35.5. The van der Waals surface area contributed by atoms with Crippen molar-refractivity contribution in [2.75, 3.05) is 23.7 Å². The molecule has 7 nitrogen and oxygen atoms in total. The Morgan fingerprint density at radius 2 is 1.65 bits per heavy atom. The van der Waals surface area contributed by atoms with E-state index in [9.17, 15) is 18.0 Å². The Balaban J connectivity index is 2.25. The SMILES string of the molecule is Cc1ccc(C)c(N(CCCC(=O)N(Cc2c(Cl)cccc2Cl)C(C)C(=O)NCC(C)C)S(C)(=O)=O)c1. The summed E-state index contributed by atoms with van der Waals surface area (Å²) >= 11 is 12.7. The van der Waals surface area contributed by atoms with Crippen molar-refractivity contribution in [2.24, 2.45) is 5.92 Å². The molecule has 0 spiro atoms. The molecular formula is C27H37Cl2N3O4S. The molecule has 2 aromatic rings. The first-order valence-corrected chi connectivity index (χ1v) is 14.9. The lowest BCUT2D eigenvalue weighted by Gasteiger charge is -2.30. The molecule has 37 heavy (non-hydrogen) atoms. The summed E-state index contributed by atoms with van der Waals surface area (Å²) in [6, 6.07) is 9.93. The van der Waals surface area contributed by atoms with E-state index in [-0.39, 0.29) is 43.7 Å². The van der Waals surface area contributed by atoms with Crippen molar-refractivity contribution >= 4 is 50.7 Å². The number of carbonyl (C=O) groups is 2. The predicted molar refractivity (Wildman–Crippen MR) is 152 cm³/mol. The van der Waals surface area contributed by atoms with Gasteiger partial charge in [-0.05, 0) is 62.4 Å². The molecule has 1 atom stereocenters. The Kier molecular flexibility index (Phi) is 11.3. The molecule has 0 saturated carbocycles. The minimum Gasteiger partial charge on any atom is -0.354 e. The highest BCUT2D eigenvalue weighted by molar-refractivity contribution is 7.92. The van der Waals surface area contributed by atoms with Gasteiger partial charge in [0.1, 0.15) is 6.04 Å². The molecule has 1 N–H and O–H groups in total. The Morgan fingerprint density at radius 1 is 1.03 bits per heavy atom. The van der Waals surface area contributed by atoms with E-state index < -0.39 is 16.1 Å². The summed E-state index contributed by atoms with van der Waals surface area (Å²) in [5, 5.41) is 3.68. The number of hydrogen-bond acceptors (Lipinski definition) is 4. The maximum atomic E-state index is 13.4. The molecule has 0 heterocycles. The Labute approximate surface area is 231 Å². The molecule has 0 saturated heterocycles. The number of halogens is 2. The zero-order chi connectivity index (χ0) is 27.9. The lowest BCUT2D eigenvalue weighted by Crippen LogP contribution is -2.48. The molecule has 204 valence electrons. The molecule has 2 aromatic carbocycles. The number of sulfonamides is 1. The van der Waals surface area contributed by atoms with Gasteiger partial charge in [0.2, 0.25) is 21.8 Å². The van der Waals surface area contributed by atoms with E-state index in [1.165, 1.54) is 9.21 Å². The van der Waals surface area contributed by atoms with Crippen molar-refractivity contribution in [2.45, 2.75) is 60.0 Å². The van der Waals surface area contributed by atoms with Crippen LogP contribution in [0.1, 0.15) is 50.3 Å². The molecule has 0 aliphatic carbocycles. The summed E-state index contributed by atoms with van der Waals surface area (Å²) in [5.74, 6) is -0.318. The third-order valence-corrected chi connectivity index (χ3v) is 7.92. The second-order valence-corrected chi connectivity index (χ2v) is 12.5. The van der Waals surface area contributed by atoms with Gasteiger partial charge >= 0.3 is 0 Å². The number of amides is 2. The van der Waals surface area contributed by atoms with Crippen molar-refractivity contribution in [3.8, 4) is 0 Å². The van der Waals surface area contributed by atoms with Gasteiger partial charge in [-0.1, -0.05) is 55.2 Å². The molecule has 1 unspecified atom stereocenters. The summed E-state index contributed by atoms with van der Waals surface area (Å²) in [5.41, 5.74) is 2.91. The fraction of sp³-hybridized carbons (Fsp3) is 0.481. The maximum Gasteiger partial charge on any atom is 0.242 e. The van der Waals surface area contributed by atoms with E-state index in [1.54, 1.807) is 25.1 Å². The second-order valence-electron chi connectivity index (χ2n) is 9.77. The number of rotatable bonds is 12. The summed E-state index contributed by atoms with van der Waals surface area (Å²) in [6.45, 7) is 10.1. The molecule has 0 radical (unpaired) electrons. The van der Waals surface area contributed by atoms with Crippen LogP contribution in [0.3, 0.4) is 0 Å². The lowest BCUT2D eigenvalue weighted by atomic mass is 10.1. The highest BCUT2D eigenvalue weighted by Gasteiger charge is 2.28. The number of nitrogens with one attached hydrogen (secondary N) is 1. The average molecular weight is 571 g/mol. The van der Waals surface area contributed by atoms with Crippen LogP contribution in [0.5, 0.6) is 0 Å². The van der Waals surface area contributed by atoms with Crippen molar-refractivity contribution in [3.05, 3.63) is 63.1 Å². The van der Waals surface area contributed by atoms with Crippen molar-refractivity contribution < 1.29 is 18.0 Å². The molecule has 0 fully saturated rings. The van der Waals surface area contributed by atoms with Crippen LogP contribution in [-0.4, -0.2) is 50.5 Å². The molecular weight excluding hydrogens is 533 g/mol. The molecule has 0 bridgehead atoms. The largest absolute Gasteiger partial charge is 0.354 e. The van der Waals surface area contributed by atoms with E-state index in [4.69, 9.17) is 23.2 Å². The van der Waals surface area contributed by atoms with Gasteiger partial charge in [-0.2, -0.15) is 0 Å². The van der Waals surface area contributed by atoms with Crippen molar-refractivity contribution in [1.29, 1.82) is 0 Å². The van der Waals surface area contributed by atoms with Gasteiger partial charge in [-0.3, -0.25) is 13.9 Å². The highest BCUT2D eigenvalue weighted by Crippen LogP contribution is 2.28. The zero-order valence-electron chi connectivity index (χ0n) is 22.3. The van der Waals surface area contributed by atoms with Gasteiger partial charge in [-0.25, -0.2) is 8.42 Å². The third kappa shape index (κ3) is 8.90. The van der Waals surface area contributed by atoms with Crippen molar-refractivity contribution in [3.63, 3.8) is 0 Å². The smallest absolute Gasteiger partial charge is 0.242 e. The minimum atomic E-state index is -3.57. The quantitative estimate of drug-likeness (QED) is 0.373. The normalized spacial score (nSPS) is 12.4. The van der Waals surface area contributed by atoms with E-state index in [0.29, 0.717) is 27.8 Å². The van der Waals surface area contributed by atoms with Gasteiger partial charge in [0.05, 0.1) is 11.9 Å².